The van der Waals surface area contributed by atoms with Gasteiger partial charge in [0.25, 0.3) is 0 Å². The van der Waals surface area contributed by atoms with Crippen molar-refractivity contribution in [3.63, 3.8) is 0 Å². The first-order valence-electron chi connectivity index (χ1n) is 7.10. The second-order valence-corrected chi connectivity index (χ2v) is 5.80. The number of hydrogen-bond donors (Lipinski definition) is 2. The van der Waals surface area contributed by atoms with Crippen molar-refractivity contribution in [2.45, 2.75) is 71.4 Å². The Labute approximate surface area is 106 Å². The van der Waals surface area contributed by atoms with Gasteiger partial charge in [0.2, 0.25) is 5.91 Å². The first-order valence-corrected chi connectivity index (χ1v) is 7.10. The molecule has 17 heavy (non-hydrogen) atoms. The fraction of sp³-hybridized carbons (Fsp3) is 0.929. The van der Waals surface area contributed by atoms with Crippen LogP contribution in [0.25, 0.3) is 0 Å². The highest BCUT2D eigenvalue weighted by Gasteiger charge is 2.29. The lowest BCUT2D eigenvalue weighted by atomic mass is 9.93. The van der Waals surface area contributed by atoms with E-state index in [-0.39, 0.29) is 11.9 Å². The Hall–Kier alpha value is -0.570. The second kappa shape index (κ2) is 7.00. The van der Waals surface area contributed by atoms with E-state index >= 15 is 0 Å². The van der Waals surface area contributed by atoms with Crippen LogP contribution in [0.3, 0.4) is 0 Å². The van der Waals surface area contributed by atoms with Crippen LogP contribution in [0.2, 0.25) is 0 Å². The number of nitrogens with two attached hydrogens (primary N) is 1. The quantitative estimate of drug-likeness (QED) is 0.718. The van der Waals surface area contributed by atoms with E-state index in [1.807, 2.05) is 6.92 Å². The molecule has 0 saturated heterocycles. The molecule has 0 aromatic heterocycles. The van der Waals surface area contributed by atoms with Crippen LogP contribution in [-0.4, -0.2) is 18.0 Å². The van der Waals surface area contributed by atoms with Gasteiger partial charge in [-0.2, -0.15) is 0 Å². The van der Waals surface area contributed by atoms with Gasteiger partial charge in [0.1, 0.15) is 0 Å². The molecular weight excluding hydrogens is 212 g/mol. The van der Waals surface area contributed by atoms with Gasteiger partial charge in [-0.1, -0.05) is 33.6 Å². The van der Waals surface area contributed by atoms with Gasteiger partial charge in [0.05, 0.1) is 6.04 Å². The fourth-order valence-electron chi connectivity index (χ4n) is 2.81. The zero-order chi connectivity index (χ0) is 12.8. The molecule has 3 N–H and O–H groups in total. The van der Waals surface area contributed by atoms with Gasteiger partial charge >= 0.3 is 0 Å². The zero-order valence-electron chi connectivity index (χ0n) is 11.5. The van der Waals surface area contributed by atoms with Crippen molar-refractivity contribution in [3.8, 4) is 0 Å². The van der Waals surface area contributed by atoms with Crippen LogP contribution in [-0.2, 0) is 4.79 Å². The lowest BCUT2D eigenvalue weighted by molar-refractivity contribution is -0.120. The lowest BCUT2D eigenvalue weighted by Crippen LogP contribution is -2.47. The summed E-state index contributed by atoms with van der Waals surface area (Å²) in [7, 11) is 0. The summed E-state index contributed by atoms with van der Waals surface area (Å²) in [4.78, 5) is 11.3. The van der Waals surface area contributed by atoms with Gasteiger partial charge < -0.3 is 11.1 Å². The highest BCUT2D eigenvalue weighted by molar-refractivity contribution is 5.79. The van der Waals surface area contributed by atoms with E-state index in [1.54, 1.807) is 0 Å². The van der Waals surface area contributed by atoms with Crippen LogP contribution in [0, 0.1) is 11.8 Å². The molecule has 0 unspecified atom stereocenters. The molecule has 0 radical (unpaired) electrons. The van der Waals surface area contributed by atoms with Gasteiger partial charge in [-0.3, -0.25) is 4.79 Å². The second-order valence-electron chi connectivity index (χ2n) is 5.80. The van der Waals surface area contributed by atoms with Crippen molar-refractivity contribution >= 4 is 5.91 Å². The molecular formula is C14H28N2O. The normalized spacial score (nSPS) is 26.4. The maximum Gasteiger partial charge on any atom is 0.234 e. The highest BCUT2D eigenvalue weighted by Crippen LogP contribution is 2.31. The van der Waals surface area contributed by atoms with Crippen LogP contribution in [0.4, 0.5) is 0 Å². The molecule has 3 nitrogen and oxygen atoms in total. The molecule has 3 atom stereocenters. The SMILES string of the molecule is CC[C@H](N[C@@H]1CCC[C@@H]1CCC(C)C)C(N)=O. The topological polar surface area (TPSA) is 55.1 Å². The van der Waals surface area contributed by atoms with Crippen molar-refractivity contribution in [1.82, 2.24) is 5.32 Å². The monoisotopic (exact) mass is 240 g/mol. The minimum absolute atomic E-state index is 0.139. The van der Waals surface area contributed by atoms with E-state index in [0.717, 1.165) is 18.3 Å². The Kier molecular flexibility index (Phi) is 5.96. The Morgan fingerprint density at radius 3 is 2.65 bits per heavy atom. The summed E-state index contributed by atoms with van der Waals surface area (Å²) in [5.74, 6) is 1.31. The highest BCUT2D eigenvalue weighted by atomic mass is 16.1. The average Bonchev–Trinajstić information content (AvgIpc) is 2.69. The van der Waals surface area contributed by atoms with E-state index in [4.69, 9.17) is 5.73 Å². The summed E-state index contributed by atoms with van der Waals surface area (Å²) < 4.78 is 0. The third-order valence-corrected chi connectivity index (χ3v) is 3.94. The fourth-order valence-corrected chi connectivity index (χ4v) is 2.81. The number of amides is 1. The Balaban J connectivity index is 2.42. The minimum atomic E-state index is -0.206. The molecule has 1 aliphatic rings. The van der Waals surface area contributed by atoms with Crippen molar-refractivity contribution in [2.75, 3.05) is 0 Å². The maximum absolute atomic E-state index is 11.3. The van der Waals surface area contributed by atoms with E-state index in [2.05, 4.69) is 19.2 Å². The minimum Gasteiger partial charge on any atom is -0.368 e. The molecule has 0 aliphatic heterocycles. The zero-order valence-corrected chi connectivity index (χ0v) is 11.5. The van der Waals surface area contributed by atoms with Gasteiger partial charge in [-0.15, -0.1) is 0 Å². The van der Waals surface area contributed by atoms with Crippen LogP contribution >= 0.6 is 0 Å². The largest absolute Gasteiger partial charge is 0.368 e. The smallest absolute Gasteiger partial charge is 0.234 e. The molecule has 100 valence electrons. The summed E-state index contributed by atoms with van der Waals surface area (Å²) in [6.07, 6.45) is 7.16. The van der Waals surface area contributed by atoms with E-state index in [9.17, 15) is 4.79 Å². The number of hydrogen-bond acceptors (Lipinski definition) is 2. The summed E-state index contributed by atoms with van der Waals surface area (Å²) >= 11 is 0. The first kappa shape index (κ1) is 14.5. The van der Waals surface area contributed by atoms with E-state index in [1.165, 1.54) is 32.1 Å². The number of rotatable bonds is 7. The molecule has 0 aromatic carbocycles. The third-order valence-electron chi connectivity index (χ3n) is 3.94. The third kappa shape index (κ3) is 4.66. The van der Waals surface area contributed by atoms with Gasteiger partial charge in [0, 0.05) is 6.04 Å². The van der Waals surface area contributed by atoms with Crippen molar-refractivity contribution < 1.29 is 4.79 Å². The van der Waals surface area contributed by atoms with Gasteiger partial charge in [-0.05, 0) is 37.5 Å². The van der Waals surface area contributed by atoms with Crippen molar-refractivity contribution in [2.24, 2.45) is 17.6 Å². The van der Waals surface area contributed by atoms with E-state index in [0.29, 0.717) is 6.04 Å². The summed E-state index contributed by atoms with van der Waals surface area (Å²) in [6, 6.07) is 0.367. The molecule has 1 fully saturated rings. The number of primary amides is 1. The molecule has 0 aromatic rings. The Morgan fingerprint density at radius 2 is 2.12 bits per heavy atom. The molecule has 1 amide bonds. The predicted molar refractivity (Wildman–Crippen MR) is 71.6 cm³/mol. The average molecular weight is 240 g/mol. The molecule has 0 spiro atoms. The molecule has 0 bridgehead atoms. The summed E-state index contributed by atoms with van der Waals surface area (Å²) in [5, 5.41) is 3.46. The van der Waals surface area contributed by atoms with Gasteiger partial charge in [0.15, 0.2) is 0 Å². The summed E-state index contributed by atoms with van der Waals surface area (Å²) in [5.41, 5.74) is 5.39. The number of carbonyl (C=O) groups is 1. The van der Waals surface area contributed by atoms with Crippen molar-refractivity contribution in [3.05, 3.63) is 0 Å². The standard InChI is InChI=1S/C14H28N2O/c1-4-12(14(15)17)16-13-7-5-6-11(13)9-8-10(2)3/h10-13,16H,4-9H2,1-3H3,(H2,15,17)/t11-,12+,13-/m1/s1. The van der Waals surface area contributed by atoms with Gasteiger partial charge in [-0.25, -0.2) is 0 Å². The predicted octanol–water partition coefficient (Wildman–Crippen LogP) is 2.44. The Morgan fingerprint density at radius 1 is 1.41 bits per heavy atom. The van der Waals surface area contributed by atoms with Crippen LogP contribution in [0.15, 0.2) is 0 Å². The molecule has 0 heterocycles. The van der Waals surface area contributed by atoms with Crippen molar-refractivity contribution in [1.29, 1.82) is 0 Å². The number of carbonyl (C=O) groups excluding carboxylic acids is 1. The summed E-state index contributed by atoms with van der Waals surface area (Å²) in [6.45, 7) is 6.56. The van der Waals surface area contributed by atoms with E-state index < -0.39 is 0 Å². The van der Waals surface area contributed by atoms with Crippen LogP contribution < -0.4 is 11.1 Å². The number of nitrogens with one attached hydrogen (secondary N) is 1. The molecule has 3 heteroatoms. The van der Waals surface area contributed by atoms with Crippen LogP contribution in [0.1, 0.15) is 59.3 Å². The van der Waals surface area contributed by atoms with Crippen LogP contribution in [0.5, 0.6) is 0 Å². The maximum atomic E-state index is 11.3. The Bertz CT molecular complexity index is 240. The molecule has 1 saturated carbocycles. The first-order chi connectivity index (χ1) is 8.04. The lowest BCUT2D eigenvalue weighted by Gasteiger charge is -2.25. The molecule has 1 aliphatic carbocycles. The molecule has 1 rings (SSSR count).